The molecule has 0 aromatic heterocycles. The van der Waals surface area contributed by atoms with E-state index in [9.17, 15) is 29.1 Å². The van der Waals surface area contributed by atoms with Crippen LogP contribution in [-0.4, -0.2) is 63.5 Å². The highest BCUT2D eigenvalue weighted by atomic mass is 20.0. The Morgan fingerprint density at radius 3 is 1.40 bits per heavy atom. The van der Waals surface area contributed by atoms with Crippen molar-refractivity contribution in [3.8, 4) is 17.2 Å². The summed E-state index contributed by atoms with van der Waals surface area (Å²) in [5.41, 5.74) is 3.08. The fraction of sp³-hybridized carbons (Fsp3) is 0.341. The number of phenols is 2. The van der Waals surface area contributed by atoms with Gasteiger partial charge in [0.15, 0.2) is 0 Å². The number of carbonyl (C=O) groups is 5. The molecule has 0 unspecified atom stereocenters. The van der Waals surface area contributed by atoms with Gasteiger partial charge in [-0.1, -0.05) is 63.8 Å². The van der Waals surface area contributed by atoms with Crippen LogP contribution in [0.1, 0.15) is 109 Å². The van der Waals surface area contributed by atoms with Crippen molar-refractivity contribution in [1.29, 1.82) is 0 Å². The van der Waals surface area contributed by atoms with Crippen molar-refractivity contribution < 1.29 is 67.8 Å². The number of aliphatic carboxylic acids is 1. The summed E-state index contributed by atoms with van der Waals surface area (Å²) >= 11 is 0. The molecule has 0 amide bonds. The molecular weight excluding hydrogens is 722 g/mol. The number of carboxylic acids is 2. The Balaban J connectivity index is -0.000000675. The summed E-state index contributed by atoms with van der Waals surface area (Å²) in [4.78, 5) is 54.9. The summed E-state index contributed by atoms with van der Waals surface area (Å²) in [6, 6.07) is 14.3. The van der Waals surface area contributed by atoms with Crippen molar-refractivity contribution in [2.75, 3.05) is 13.2 Å². The van der Waals surface area contributed by atoms with E-state index in [2.05, 4.69) is 0 Å². The molecule has 0 aliphatic rings. The van der Waals surface area contributed by atoms with Crippen LogP contribution in [0.2, 0.25) is 0 Å². The number of halogens is 2. The van der Waals surface area contributed by atoms with Gasteiger partial charge in [0.1, 0.15) is 33.9 Å². The molecule has 0 heterocycles. The van der Waals surface area contributed by atoms with Crippen molar-refractivity contribution in [2.24, 2.45) is 0 Å². The van der Waals surface area contributed by atoms with E-state index in [1.165, 1.54) is 18.2 Å². The molecule has 0 spiro atoms. The lowest BCUT2D eigenvalue weighted by atomic mass is 10.1. The topological polar surface area (TPSA) is 194 Å². The maximum atomic E-state index is 11.8. The van der Waals surface area contributed by atoms with Crippen LogP contribution in [0.5, 0.6) is 17.2 Å². The molecule has 55 heavy (non-hydrogen) atoms. The first-order valence-corrected chi connectivity index (χ1v) is 16.8. The number of allylic oxidation sites excluding steroid dienone is 2. The van der Waals surface area contributed by atoms with E-state index in [0.29, 0.717) is 6.61 Å². The van der Waals surface area contributed by atoms with Gasteiger partial charge in [0.2, 0.25) is 0 Å². The number of carboxylic acid groups (broad SMARTS) is 2. The molecule has 0 atom stereocenters. The predicted molar refractivity (Wildman–Crippen MR) is 206 cm³/mol. The largest absolute Gasteiger partial charge is 0.507 e. The number of esters is 3. The van der Waals surface area contributed by atoms with Gasteiger partial charge in [-0.3, -0.25) is 9.59 Å². The van der Waals surface area contributed by atoms with E-state index in [-0.39, 0.29) is 60.8 Å². The molecule has 0 aliphatic carbocycles. The number of carbonyl (C=O) groups excluding carboxylic acids is 3. The normalized spacial score (nSPS) is 9.62. The Labute approximate surface area is 321 Å². The Kier molecular flexibility index (Phi) is 30.5. The first kappa shape index (κ1) is 53.3. The van der Waals surface area contributed by atoms with Crippen molar-refractivity contribution >= 4 is 29.8 Å². The molecule has 4 N–H and O–H groups in total. The van der Waals surface area contributed by atoms with Gasteiger partial charge in [-0.2, -0.15) is 0 Å². The number of aryl methyl sites for hydroxylation is 3. The zero-order valence-electron chi connectivity index (χ0n) is 31.6. The van der Waals surface area contributed by atoms with Gasteiger partial charge in [0.05, 0.1) is 26.1 Å². The average molecular weight is 777 g/mol. The van der Waals surface area contributed by atoms with Crippen LogP contribution in [0.15, 0.2) is 78.9 Å². The minimum Gasteiger partial charge on any atom is -0.507 e. The highest BCUT2D eigenvalue weighted by Gasteiger charge is 2.16. The summed E-state index contributed by atoms with van der Waals surface area (Å²) < 4.78 is 30.9. The Hall–Kier alpha value is -6.05. The van der Waals surface area contributed by atoms with Gasteiger partial charge < -0.3 is 34.6 Å². The number of aromatic hydroxyl groups is 2. The lowest BCUT2D eigenvalue weighted by Crippen LogP contribution is -2.12. The van der Waals surface area contributed by atoms with Crippen molar-refractivity contribution in [3.05, 3.63) is 112 Å². The van der Waals surface area contributed by atoms with Gasteiger partial charge in [-0.15, -0.1) is 0 Å². The molecular formula is C41H54F2O12. The van der Waals surface area contributed by atoms with Gasteiger partial charge in [0.25, 0.3) is 0 Å². The van der Waals surface area contributed by atoms with Crippen molar-refractivity contribution in [3.63, 3.8) is 0 Å². The minimum absolute atomic E-state index is 0. The van der Waals surface area contributed by atoms with Crippen LogP contribution in [-0.2, 0) is 19.1 Å². The average Bonchev–Trinajstić information content (AvgIpc) is 3.10. The summed E-state index contributed by atoms with van der Waals surface area (Å²) in [5, 5.41) is 35.1. The summed E-state index contributed by atoms with van der Waals surface area (Å²) in [5.74, 6) is -3.21. The minimum atomic E-state index is -1.11. The van der Waals surface area contributed by atoms with Crippen molar-refractivity contribution in [1.82, 2.24) is 0 Å². The summed E-state index contributed by atoms with van der Waals surface area (Å²) in [6.45, 7) is 13.5. The fourth-order valence-electron chi connectivity index (χ4n) is 3.80. The molecule has 0 fully saturated rings. The Morgan fingerprint density at radius 1 is 0.600 bits per heavy atom. The van der Waals surface area contributed by atoms with E-state index in [4.69, 9.17) is 38.7 Å². The Bertz CT molecular complexity index is 1680. The second-order valence-electron chi connectivity index (χ2n) is 10.8. The fourth-order valence-corrected chi connectivity index (χ4v) is 3.80. The van der Waals surface area contributed by atoms with Gasteiger partial charge in [0, 0.05) is 9.15 Å². The predicted octanol–water partition coefficient (Wildman–Crippen LogP) is 9.61. The SMILES string of the molecule is C.CC/C=C\CC(=O)O.CC/C=C\CC(=O)Oc1cc(C)ccc1C(=O)OCC.CCOC(=O)c1ccc(C)cc1O.Cc1ccc(C(=O)O)c(O)c1.FF. The summed E-state index contributed by atoms with van der Waals surface area (Å²) in [7, 11) is 0. The molecule has 3 rings (SSSR count). The first-order chi connectivity index (χ1) is 25.6. The molecule has 0 saturated heterocycles. The lowest BCUT2D eigenvalue weighted by molar-refractivity contribution is -0.136. The Morgan fingerprint density at radius 2 is 1.00 bits per heavy atom. The van der Waals surface area contributed by atoms with Crippen LogP contribution < -0.4 is 4.74 Å². The quantitative estimate of drug-likeness (QED) is 0.0774. The van der Waals surface area contributed by atoms with Gasteiger partial charge >= 0.3 is 29.8 Å². The second-order valence-corrected chi connectivity index (χ2v) is 10.8. The van der Waals surface area contributed by atoms with E-state index in [0.717, 1.165) is 29.5 Å². The second kappa shape index (κ2) is 31.5. The maximum Gasteiger partial charge on any atom is 0.341 e. The zero-order chi connectivity index (χ0) is 41.6. The highest BCUT2D eigenvalue weighted by Crippen LogP contribution is 2.22. The third kappa shape index (κ3) is 24.0. The maximum absolute atomic E-state index is 11.8. The highest BCUT2D eigenvalue weighted by molar-refractivity contribution is 5.94. The first-order valence-electron chi connectivity index (χ1n) is 16.8. The molecule has 0 saturated carbocycles. The molecule has 3 aromatic carbocycles. The zero-order valence-corrected chi connectivity index (χ0v) is 31.6. The molecule has 0 radical (unpaired) electrons. The molecule has 14 heteroatoms. The summed E-state index contributed by atoms with van der Waals surface area (Å²) in [6.07, 6.45) is 9.25. The monoisotopic (exact) mass is 776 g/mol. The molecule has 0 aliphatic heterocycles. The number of benzene rings is 3. The number of rotatable bonds is 12. The third-order valence-corrected chi connectivity index (χ3v) is 6.27. The van der Waals surface area contributed by atoms with Crippen LogP contribution in [0.25, 0.3) is 0 Å². The number of aromatic carboxylic acids is 1. The van der Waals surface area contributed by atoms with Gasteiger partial charge in [-0.25, -0.2) is 14.4 Å². The van der Waals surface area contributed by atoms with Crippen LogP contribution in [0, 0.1) is 20.8 Å². The number of phenolic OH excluding ortho intramolecular Hbond substituents is 1. The number of ether oxygens (including phenoxy) is 3. The van der Waals surface area contributed by atoms with E-state index >= 15 is 0 Å². The smallest absolute Gasteiger partial charge is 0.341 e. The molecule has 3 aromatic rings. The van der Waals surface area contributed by atoms with Crippen LogP contribution in [0.3, 0.4) is 0 Å². The van der Waals surface area contributed by atoms with Crippen molar-refractivity contribution in [2.45, 2.75) is 81.6 Å². The molecule has 12 nitrogen and oxygen atoms in total. The number of hydrogen-bond acceptors (Lipinski definition) is 10. The van der Waals surface area contributed by atoms with Crippen LogP contribution in [0.4, 0.5) is 9.15 Å². The standard InChI is InChI=1S/C16H20O4.C10H12O3.C8H8O3.C6H10O2.CH4.F2/c1-4-6-7-8-15(17)20-14-11-12(3)9-10-13(14)16(18)19-5-2;1-3-13-10(12)8-5-4-7(2)6-9(8)11;1-5-2-3-6(8(10)11)7(9)4-5;1-2-3-4-5-6(7)8;;1-2/h6-7,9-11H,4-5,8H2,1-3H3;4-6,11H,3H2,1-2H3;2-4,9H,1H3,(H,10,11);3-4H,2,5H2,1H3,(H,7,8);1H4;/b7-6-;;;4-3-;;. The molecule has 304 valence electrons. The van der Waals surface area contributed by atoms with Crippen LogP contribution >= 0.6 is 0 Å². The van der Waals surface area contributed by atoms with Gasteiger partial charge in [-0.05, 0) is 101 Å². The number of hydrogen-bond donors (Lipinski definition) is 4. The third-order valence-electron chi connectivity index (χ3n) is 6.27. The molecule has 0 bridgehead atoms. The van der Waals surface area contributed by atoms with E-state index in [1.54, 1.807) is 69.3 Å². The lowest BCUT2D eigenvalue weighted by Gasteiger charge is -2.09. The van der Waals surface area contributed by atoms with E-state index in [1.807, 2.05) is 39.8 Å². The van der Waals surface area contributed by atoms with E-state index < -0.39 is 29.8 Å².